The molecule has 1 aliphatic carbocycles. The van der Waals surface area contributed by atoms with Crippen molar-refractivity contribution in [1.29, 1.82) is 0 Å². The van der Waals surface area contributed by atoms with Crippen molar-refractivity contribution in [3.63, 3.8) is 0 Å². The van der Waals surface area contributed by atoms with Crippen LogP contribution in [0.25, 0.3) is 0 Å². The van der Waals surface area contributed by atoms with Gasteiger partial charge in [-0.15, -0.1) is 11.3 Å². The minimum Gasteiger partial charge on any atom is -0.391 e. The number of nitrogens with one attached hydrogen (secondary N) is 1. The van der Waals surface area contributed by atoms with Crippen molar-refractivity contribution in [2.75, 3.05) is 6.54 Å². The molecular weight excluding hydrogens is 196 g/mol. The fraction of sp³-hybridized carbons (Fsp3) is 0.700. The van der Waals surface area contributed by atoms with E-state index in [1.165, 1.54) is 12.8 Å². The van der Waals surface area contributed by atoms with E-state index < -0.39 is 0 Å². The van der Waals surface area contributed by atoms with E-state index in [0.29, 0.717) is 19.0 Å². The van der Waals surface area contributed by atoms with Crippen molar-refractivity contribution in [3.05, 3.63) is 16.1 Å². The van der Waals surface area contributed by atoms with Crippen molar-refractivity contribution in [2.24, 2.45) is 0 Å². The minimum absolute atomic E-state index is 0.291. The van der Waals surface area contributed by atoms with E-state index in [0.717, 1.165) is 10.7 Å². The molecule has 1 saturated carbocycles. The highest BCUT2D eigenvalue weighted by Gasteiger charge is 2.21. The lowest BCUT2D eigenvalue weighted by Crippen LogP contribution is -2.29. The van der Waals surface area contributed by atoms with Crippen LogP contribution < -0.4 is 5.32 Å². The van der Waals surface area contributed by atoms with Gasteiger partial charge in [0.05, 0.1) is 11.1 Å². The topological polar surface area (TPSA) is 45.1 Å². The molecule has 1 aromatic rings. The van der Waals surface area contributed by atoms with Gasteiger partial charge >= 0.3 is 0 Å². The van der Waals surface area contributed by atoms with Crippen LogP contribution in [-0.2, 0) is 6.42 Å². The molecule has 0 aromatic carbocycles. The van der Waals surface area contributed by atoms with Crippen molar-refractivity contribution in [2.45, 2.75) is 38.3 Å². The Kier molecular flexibility index (Phi) is 3.15. The van der Waals surface area contributed by atoms with Gasteiger partial charge in [0.1, 0.15) is 0 Å². The van der Waals surface area contributed by atoms with Crippen LogP contribution >= 0.6 is 11.3 Å². The van der Waals surface area contributed by atoms with Crippen LogP contribution in [0, 0.1) is 6.92 Å². The van der Waals surface area contributed by atoms with Gasteiger partial charge in [0, 0.05) is 30.1 Å². The normalized spacial score (nSPS) is 18.4. The maximum atomic E-state index is 9.69. The lowest BCUT2D eigenvalue weighted by atomic mass is 10.2. The first kappa shape index (κ1) is 10.1. The predicted molar refractivity (Wildman–Crippen MR) is 57.6 cm³/mol. The Balaban J connectivity index is 1.72. The highest BCUT2D eigenvalue weighted by molar-refractivity contribution is 7.09. The molecule has 14 heavy (non-hydrogen) atoms. The summed E-state index contributed by atoms with van der Waals surface area (Å²) in [4.78, 5) is 4.32. The van der Waals surface area contributed by atoms with Crippen LogP contribution in [0.1, 0.15) is 23.5 Å². The lowest BCUT2D eigenvalue weighted by molar-refractivity contribution is 0.171. The van der Waals surface area contributed by atoms with Crippen LogP contribution in [0.4, 0.5) is 0 Å². The number of aliphatic hydroxyl groups excluding tert-OH is 1. The fourth-order valence-corrected chi connectivity index (χ4v) is 2.20. The fourth-order valence-electron chi connectivity index (χ4n) is 1.36. The molecule has 0 spiro atoms. The molecule has 2 N–H and O–H groups in total. The second-order valence-electron chi connectivity index (χ2n) is 3.92. The maximum Gasteiger partial charge on any atom is 0.0954 e. The number of hydrogen-bond acceptors (Lipinski definition) is 4. The number of hydrogen-bond donors (Lipinski definition) is 2. The van der Waals surface area contributed by atoms with E-state index in [-0.39, 0.29) is 6.10 Å². The molecule has 2 rings (SSSR count). The van der Waals surface area contributed by atoms with Gasteiger partial charge in [-0.3, -0.25) is 0 Å². The second-order valence-corrected chi connectivity index (χ2v) is 4.87. The van der Waals surface area contributed by atoms with Crippen molar-refractivity contribution in [3.8, 4) is 0 Å². The van der Waals surface area contributed by atoms with E-state index in [4.69, 9.17) is 0 Å². The number of aromatic nitrogens is 1. The summed E-state index contributed by atoms with van der Waals surface area (Å²) in [6.45, 7) is 2.68. The zero-order valence-corrected chi connectivity index (χ0v) is 9.18. The standard InChI is InChI=1S/C10H16N2OS/c1-7-6-14-10(12-7)4-9(13)5-11-8-2-3-8/h6,8-9,11,13H,2-5H2,1H3. The van der Waals surface area contributed by atoms with E-state index in [1.807, 2.05) is 12.3 Å². The quantitative estimate of drug-likeness (QED) is 0.768. The Morgan fingerprint density at radius 1 is 1.71 bits per heavy atom. The van der Waals surface area contributed by atoms with Crippen LogP contribution in [-0.4, -0.2) is 28.8 Å². The lowest BCUT2D eigenvalue weighted by Gasteiger charge is -2.09. The zero-order chi connectivity index (χ0) is 9.97. The molecule has 1 aromatic heterocycles. The molecule has 0 radical (unpaired) electrons. The highest BCUT2D eigenvalue weighted by Crippen LogP contribution is 2.18. The third kappa shape index (κ3) is 3.04. The Morgan fingerprint density at radius 3 is 3.07 bits per heavy atom. The Bertz CT molecular complexity index is 296. The Morgan fingerprint density at radius 2 is 2.50 bits per heavy atom. The van der Waals surface area contributed by atoms with Gasteiger partial charge in [-0.05, 0) is 19.8 Å². The highest BCUT2D eigenvalue weighted by atomic mass is 32.1. The summed E-state index contributed by atoms with van der Waals surface area (Å²) in [6.07, 6.45) is 2.92. The Labute approximate surface area is 88.2 Å². The molecule has 1 heterocycles. The SMILES string of the molecule is Cc1csc(CC(O)CNC2CC2)n1. The molecule has 0 saturated heterocycles. The number of aryl methyl sites for hydroxylation is 1. The molecule has 1 unspecified atom stereocenters. The predicted octanol–water partition coefficient (Wildman–Crippen LogP) is 1.11. The van der Waals surface area contributed by atoms with Gasteiger partial charge in [0.25, 0.3) is 0 Å². The molecule has 1 aliphatic rings. The van der Waals surface area contributed by atoms with E-state index in [1.54, 1.807) is 11.3 Å². The summed E-state index contributed by atoms with van der Waals surface area (Å²) in [7, 11) is 0. The van der Waals surface area contributed by atoms with Gasteiger partial charge in [-0.1, -0.05) is 0 Å². The summed E-state index contributed by atoms with van der Waals surface area (Å²) in [5.41, 5.74) is 1.05. The Hall–Kier alpha value is -0.450. The molecule has 4 heteroatoms. The molecule has 0 aliphatic heterocycles. The van der Waals surface area contributed by atoms with Gasteiger partial charge in [0.2, 0.25) is 0 Å². The van der Waals surface area contributed by atoms with E-state index in [9.17, 15) is 5.11 Å². The molecular formula is C10H16N2OS. The third-order valence-electron chi connectivity index (χ3n) is 2.30. The monoisotopic (exact) mass is 212 g/mol. The zero-order valence-electron chi connectivity index (χ0n) is 8.36. The number of thiazole rings is 1. The smallest absolute Gasteiger partial charge is 0.0954 e. The second kappa shape index (κ2) is 4.38. The first-order valence-electron chi connectivity index (χ1n) is 5.06. The number of rotatable bonds is 5. The van der Waals surface area contributed by atoms with Crippen LogP contribution in [0.5, 0.6) is 0 Å². The average Bonchev–Trinajstić information content (AvgIpc) is 2.88. The van der Waals surface area contributed by atoms with Crippen LogP contribution in [0.2, 0.25) is 0 Å². The number of nitrogens with zero attached hydrogens (tertiary/aromatic N) is 1. The van der Waals surface area contributed by atoms with Gasteiger partial charge in [-0.2, -0.15) is 0 Å². The summed E-state index contributed by atoms with van der Waals surface area (Å²) < 4.78 is 0. The van der Waals surface area contributed by atoms with E-state index >= 15 is 0 Å². The van der Waals surface area contributed by atoms with Crippen molar-refractivity contribution in [1.82, 2.24) is 10.3 Å². The largest absolute Gasteiger partial charge is 0.391 e. The molecule has 3 nitrogen and oxygen atoms in total. The molecule has 0 bridgehead atoms. The van der Waals surface area contributed by atoms with Gasteiger partial charge in [0.15, 0.2) is 0 Å². The van der Waals surface area contributed by atoms with Crippen molar-refractivity contribution >= 4 is 11.3 Å². The third-order valence-corrected chi connectivity index (χ3v) is 3.29. The van der Waals surface area contributed by atoms with Gasteiger partial charge in [-0.25, -0.2) is 4.98 Å². The minimum atomic E-state index is -0.291. The average molecular weight is 212 g/mol. The summed E-state index contributed by atoms with van der Waals surface area (Å²) in [5.74, 6) is 0. The van der Waals surface area contributed by atoms with Crippen LogP contribution in [0.3, 0.4) is 0 Å². The molecule has 1 atom stereocenters. The summed E-state index contributed by atoms with van der Waals surface area (Å²) in [6, 6.07) is 0.669. The summed E-state index contributed by atoms with van der Waals surface area (Å²) in [5, 5.41) is 16.1. The first-order valence-corrected chi connectivity index (χ1v) is 5.94. The van der Waals surface area contributed by atoms with Crippen LogP contribution in [0.15, 0.2) is 5.38 Å². The number of aliphatic hydroxyl groups is 1. The van der Waals surface area contributed by atoms with Gasteiger partial charge < -0.3 is 10.4 Å². The maximum absolute atomic E-state index is 9.69. The molecule has 0 amide bonds. The molecule has 78 valence electrons. The first-order chi connectivity index (χ1) is 6.74. The summed E-state index contributed by atoms with van der Waals surface area (Å²) >= 11 is 1.63. The molecule has 1 fully saturated rings. The van der Waals surface area contributed by atoms with E-state index in [2.05, 4.69) is 10.3 Å². The van der Waals surface area contributed by atoms with Crippen molar-refractivity contribution < 1.29 is 5.11 Å².